The Bertz CT molecular complexity index is 867. The summed E-state index contributed by atoms with van der Waals surface area (Å²) in [4.78, 5) is 14.2. The largest absolute Gasteiger partial charge is 0.355 e. The van der Waals surface area contributed by atoms with Gasteiger partial charge in [-0.3, -0.25) is 9.69 Å². The number of likely N-dealkylation sites (tertiary alicyclic amines) is 1. The zero-order valence-electron chi connectivity index (χ0n) is 18.1. The Balaban J connectivity index is 1.20. The van der Waals surface area contributed by atoms with Gasteiger partial charge in [0.15, 0.2) is 0 Å². The summed E-state index contributed by atoms with van der Waals surface area (Å²) in [6.07, 6.45) is 6.03. The van der Waals surface area contributed by atoms with Crippen LogP contribution in [0.25, 0.3) is 6.08 Å². The average Bonchev–Trinajstić information content (AvgIpc) is 3.55. The van der Waals surface area contributed by atoms with E-state index in [9.17, 15) is 4.79 Å². The van der Waals surface area contributed by atoms with Crippen LogP contribution in [0, 0.1) is 5.92 Å². The molecule has 2 aliphatic rings. The van der Waals surface area contributed by atoms with E-state index in [1.807, 2.05) is 12.1 Å². The van der Waals surface area contributed by atoms with Gasteiger partial charge in [0.25, 0.3) is 5.91 Å². The molecule has 30 heavy (non-hydrogen) atoms. The number of carbonyl (C=O) groups excluding carboxylic acids is 1. The molecule has 0 aromatic heterocycles. The van der Waals surface area contributed by atoms with E-state index in [1.165, 1.54) is 36.0 Å². The molecule has 2 atom stereocenters. The van der Waals surface area contributed by atoms with Gasteiger partial charge in [0.05, 0.1) is 0 Å². The van der Waals surface area contributed by atoms with Crippen molar-refractivity contribution in [3.63, 3.8) is 0 Å². The first-order chi connectivity index (χ1) is 14.6. The molecular weight excluding hydrogens is 370 g/mol. The van der Waals surface area contributed by atoms with Crippen LogP contribution < -0.4 is 10.6 Å². The number of nitrogens with zero attached hydrogens (tertiary/aromatic N) is 1. The number of amides is 1. The number of nitrogens with one attached hydrogen (secondary N) is 2. The maximum atomic E-state index is 11.7. The van der Waals surface area contributed by atoms with Crippen LogP contribution >= 0.6 is 0 Å². The molecule has 1 saturated heterocycles. The minimum absolute atomic E-state index is 0.0272. The standard InChI is InChI=1S/C26H33N3O/c1-19(16-20-6-4-3-5-7-20)24-17-25(24)28-23-12-14-29(15-13-23)18-21-8-10-22(11-9-21)26(30)27-2/h3-11,16,23-25,28H,12-15,17-18H2,1-2H3,(H,27,30)/b19-16+/t24-,25+/m0/s1. The second kappa shape index (κ2) is 9.59. The van der Waals surface area contributed by atoms with Gasteiger partial charge >= 0.3 is 0 Å². The van der Waals surface area contributed by atoms with Crippen LogP contribution in [0.3, 0.4) is 0 Å². The third kappa shape index (κ3) is 5.38. The van der Waals surface area contributed by atoms with Gasteiger partial charge in [0.2, 0.25) is 0 Å². The highest BCUT2D eigenvalue weighted by molar-refractivity contribution is 5.93. The lowest BCUT2D eigenvalue weighted by atomic mass is 10.0. The van der Waals surface area contributed by atoms with Crippen molar-refractivity contribution in [2.24, 2.45) is 5.92 Å². The van der Waals surface area contributed by atoms with Gasteiger partial charge in [0.1, 0.15) is 0 Å². The zero-order valence-corrected chi connectivity index (χ0v) is 18.1. The van der Waals surface area contributed by atoms with Crippen LogP contribution in [0.1, 0.15) is 47.7 Å². The molecule has 1 heterocycles. The number of carbonyl (C=O) groups is 1. The topological polar surface area (TPSA) is 44.4 Å². The normalized spacial score (nSPS) is 22.7. The number of hydrogen-bond donors (Lipinski definition) is 2. The van der Waals surface area contributed by atoms with E-state index >= 15 is 0 Å². The SMILES string of the molecule is CNC(=O)c1ccc(CN2CCC(N[C@@H]3C[C@H]3/C(C)=C/c3ccccc3)CC2)cc1. The first-order valence-corrected chi connectivity index (χ1v) is 11.1. The van der Waals surface area contributed by atoms with Crippen LogP contribution in [0.2, 0.25) is 0 Å². The van der Waals surface area contributed by atoms with E-state index < -0.39 is 0 Å². The summed E-state index contributed by atoms with van der Waals surface area (Å²) in [5.74, 6) is 0.669. The van der Waals surface area contributed by atoms with Crippen LogP contribution in [-0.2, 0) is 6.54 Å². The molecule has 0 radical (unpaired) electrons. The van der Waals surface area contributed by atoms with Gasteiger partial charge in [-0.15, -0.1) is 0 Å². The van der Waals surface area contributed by atoms with Crippen LogP contribution in [0.5, 0.6) is 0 Å². The highest BCUT2D eigenvalue weighted by atomic mass is 16.1. The molecule has 4 nitrogen and oxygen atoms in total. The molecule has 1 aliphatic heterocycles. The van der Waals surface area contributed by atoms with E-state index in [2.05, 4.69) is 71.0 Å². The molecule has 4 heteroatoms. The lowest BCUT2D eigenvalue weighted by molar-refractivity contribution is 0.0963. The summed E-state index contributed by atoms with van der Waals surface area (Å²) in [6.45, 7) is 5.50. The Morgan fingerprint density at radius 3 is 2.43 bits per heavy atom. The molecule has 158 valence electrons. The molecular formula is C26H33N3O. The number of rotatable bonds is 7. The summed E-state index contributed by atoms with van der Waals surface area (Å²) in [7, 11) is 1.67. The van der Waals surface area contributed by atoms with Crippen molar-refractivity contribution in [2.75, 3.05) is 20.1 Å². The average molecular weight is 404 g/mol. The third-order valence-electron chi connectivity index (χ3n) is 6.46. The predicted octanol–water partition coefficient (Wildman–Crippen LogP) is 4.09. The fourth-order valence-corrected chi connectivity index (χ4v) is 4.53. The molecule has 4 rings (SSSR count). The number of hydrogen-bond acceptors (Lipinski definition) is 3. The molecule has 1 aliphatic carbocycles. The maximum absolute atomic E-state index is 11.7. The molecule has 0 bridgehead atoms. The first-order valence-electron chi connectivity index (χ1n) is 11.1. The van der Waals surface area contributed by atoms with E-state index in [-0.39, 0.29) is 5.91 Å². The monoisotopic (exact) mass is 403 g/mol. The van der Waals surface area contributed by atoms with Crippen molar-refractivity contribution in [1.29, 1.82) is 0 Å². The number of piperidine rings is 1. The summed E-state index contributed by atoms with van der Waals surface area (Å²) >= 11 is 0. The fraction of sp³-hybridized carbons (Fsp3) is 0.423. The second-order valence-electron chi connectivity index (χ2n) is 8.74. The molecule has 0 spiro atoms. The van der Waals surface area contributed by atoms with E-state index in [0.717, 1.165) is 25.2 Å². The Hall–Kier alpha value is -2.43. The number of benzene rings is 2. The van der Waals surface area contributed by atoms with Crippen LogP contribution in [-0.4, -0.2) is 43.0 Å². The van der Waals surface area contributed by atoms with E-state index in [0.29, 0.717) is 18.0 Å². The van der Waals surface area contributed by atoms with Gasteiger partial charge in [-0.1, -0.05) is 54.1 Å². The minimum atomic E-state index is -0.0272. The smallest absolute Gasteiger partial charge is 0.251 e. The van der Waals surface area contributed by atoms with E-state index in [4.69, 9.17) is 0 Å². The molecule has 0 unspecified atom stereocenters. The van der Waals surface area contributed by atoms with E-state index in [1.54, 1.807) is 7.05 Å². The Labute approximate surface area is 180 Å². The van der Waals surface area contributed by atoms with Crippen LogP contribution in [0.15, 0.2) is 60.2 Å². The molecule has 1 saturated carbocycles. The predicted molar refractivity (Wildman–Crippen MR) is 123 cm³/mol. The lowest BCUT2D eigenvalue weighted by Crippen LogP contribution is -2.43. The van der Waals surface area contributed by atoms with Crippen molar-refractivity contribution >= 4 is 12.0 Å². The Morgan fingerprint density at radius 2 is 1.77 bits per heavy atom. The van der Waals surface area contributed by atoms with Crippen molar-refractivity contribution in [1.82, 2.24) is 15.5 Å². The van der Waals surface area contributed by atoms with Crippen molar-refractivity contribution in [2.45, 2.75) is 44.8 Å². The van der Waals surface area contributed by atoms with Gasteiger partial charge in [0, 0.05) is 31.2 Å². The zero-order chi connectivity index (χ0) is 20.9. The van der Waals surface area contributed by atoms with Crippen LogP contribution in [0.4, 0.5) is 0 Å². The molecule has 1 amide bonds. The highest BCUT2D eigenvalue weighted by Gasteiger charge is 2.39. The minimum Gasteiger partial charge on any atom is -0.355 e. The second-order valence-corrected chi connectivity index (χ2v) is 8.74. The maximum Gasteiger partial charge on any atom is 0.251 e. The third-order valence-corrected chi connectivity index (χ3v) is 6.46. The van der Waals surface area contributed by atoms with Gasteiger partial charge < -0.3 is 10.6 Å². The molecule has 2 N–H and O–H groups in total. The molecule has 2 aromatic rings. The fourth-order valence-electron chi connectivity index (χ4n) is 4.53. The summed E-state index contributed by atoms with van der Waals surface area (Å²) in [5.41, 5.74) is 4.80. The first kappa shape index (κ1) is 20.8. The van der Waals surface area contributed by atoms with Crippen molar-refractivity contribution in [3.05, 3.63) is 76.9 Å². The quantitative estimate of drug-likeness (QED) is 0.732. The van der Waals surface area contributed by atoms with Crippen molar-refractivity contribution in [3.8, 4) is 0 Å². The van der Waals surface area contributed by atoms with Gasteiger partial charge in [-0.2, -0.15) is 0 Å². The molecule has 2 fully saturated rings. The van der Waals surface area contributed by atoms with Crippen molar-refractivity contribution < 1.29 is 4.79 Å². The summed E-state index contributed by atoms with van der Waals surface area (Å²) in [5, 5.41) is 6.58. The summed E-state index contributed by atoms with van der Waals surface area (Å²) in [6, 6.07) is 19.9. The Kier molecular flexibility index (Phi) is 6.66. The van der Waals surface area contributed by atoms with Gasteiger partial charge in [-0.25, -0.2) is 0 Å². The lowest BCUT2D eigenvalue weighted by Gasteiger charge is -2.32. The Morgan fingerprint density at radius 1 is 1.07 bits per heavy atom. The molecule has 2 aromatic carbocycles. The highest BCUT2D eigenvalue weighted by Crippen LogP contribution is 2.38. The van der Waals surface area contributed by atoms with Gasteiger partial charge in [-0.05, 0) is 68.5 Å². The summed E-state index contributed by atoms with van der Waals surface area (Å²) < 4.78 is 0.